The van der Waals surface area contributed by atoms with Crippen molar-refractivity contribution in [1.82, 2.24) is 15.5 Å². The lowest BCUT2D eigenvalue weighted by atomic mass is 9.76. The standard InChI is InChI=1S/C18H25N3O3/c1-18(9-12-24-15-6-4-3-5-14(15)18)16(22)21-10-7-13(8-11-21)20-17(23)19-2/h3-6,13H,7-12H2,1-2H3,(H2,19,20,23)/t18-/m1/s1. The lowest BCUT2D eigenvalue weighted by molar-refractivity contribution is -0.139. The van der Waals surface area contributed by atoms with Crippen LogP contribution in [0, 0.1) is 0 Å². The molecular weight excluding hydrogens is 306 g/mol. The predicted molar refractivity (Wildman–Crippen MR) is 91.1 cm³/mol. The molecule has 2 N–H and O–H groups in total. The Kier molecular flexibility index (Phi) is 4.64. The van der Waals surface area contributed by atoms with E-state index in [9.17, 15) is 9.59 Å². The van der Waals surface area contributed by atoms with Gasteiger partial charge in [-0.3, -0.25) is 4.79 Å². The number of piperidine rings is 1. The predicted octanol–water partition coefficient (Wildman–Crippen LogP) is 1.65. The average molecular weight is 331 g/mol. The van der Waals surface area contributed by atoms with Crippen molar-refractivity contribution in [2.75, 3.05) is 26.7 Å². The van der Waals surface area contributed by atoms with Gasteiger partial charge >= 0.3 is 6.03 Å². The quantitative estimate of drug-likeness (QED) is 0.866. The van der Waals surface area contributed by atoms with Crippen LogP contribution < -0.4 is 15.4 Å². The van der Waals surface area contributed by atoms with Crippen LogP contribution in [0.25, 0.3) is 0 Å². The van der Waals surface area contributed by atoms with Gasteiger partial charge in [-0.05, 0) is 32.3 Å². The average Bonchev–Trinajstić information content (AvgIpc) is 2.62. The number of nitrogens with zero attached hydrogens (tertiary/aromatic N) is 1. The zero-order valence-electron chi connectivity index (χ0n) is 14.3. The lowest BCUT2D eigenvalue weighted by Gasteiger charge is -2.41. The van der Waals surface area contributed by atoms with Gasteiger partial charge in [0.25, 0.3) is 0 Å². The van der Waals surface area contributed by atoms with E-state index in [1.54, 1.807) is 7.05 Å². The van der Waals surface area contributed by atoms with Gasteiger partial charge in [-0.25, -0.2) is 4.79 Å². The Morgan fingerprint density at radius 2 is 1.96 bits per heavy atom. The van der Waals surface area contributed by atoms with E-state index in [4.69, 9.17) is 4.74 Å². The van der Waals surface area contributed by atoms with E-state index in [0.29, 0.717) is 26.1 Å². The van der Waals surface area contributed by atoms with Crippen molar-refractivity contribution in [3.63, 3.8) is 0 Å². The SMILES string of the molecule is CNC(=O)NC1CCN(C(=O)[C@]2(C)CCOc3ccccc32)CC1. The topological polar surface area (TPSA) is 70.7 Å². The molecule has 2 aliphatic rings. The zero-order chi connectivity index (χ0) is 17.2. The number of benzene rings is 1. The summed E-state index contributed by atoms with van der Waals surface area (Å²) in [4.78, 5) is 26.5. The molecule has 1 fully saturated rings. The molecule has 130 valence electrons. The molecule has 0 unspecified atom stereocenters. The Bertz CT molecular complexity index is 626. The normalized spacial score (nSPS) is 23.8. The second kappa shape index (κ2) is 6.71. The molecule has 6 heteroatoms. The van der Waals surface area contributed by atoms with E-state index in [1.807, 2.05) is 36.1 Å². The number of hydrogen-bond donors (Lipinski definition) is 2. The summed E-state index contributed by atoms with van der Waals surface area (Å²) in [7, 11) is 1.61. The molecule has 0 aliphatic carbocycles. The fourth-order valence-electron chi connectivity index (χ4n) is 3.60. The van der Waals surface area contributed by atoms with Crippen LogP contribution in [-0.4, -0.2) is 49.6 Å². The van der Waals surface area contributed by atoms with Crippen LogP contribution in [0.4, 0.5) is 4.79 Å². The second-order valence-electron chi connectivity index (χ2n) is 6.72. The molecule has 2 aliphatic heterocycles. The van der Waals surface area contributed by atoms with E-state index in [-0.39, 0.29) is 18.0 Å². The van der Waals surface area contributed by atoms with Gasteiger partial charge < -0.3 is 20.3 Å². The van der Waals surface area contributed by atoms with Crippen molar-refractivity contribution < 1.29 is 14.3 Å². The summed E-state index contributed by atoms with van der Waals surface area (Å²) >= 11 is 0. The summed E-state index contributed by atoms with van der Waals surface area (Å²) < 4.78 is 5.70. The van der Waals surface area contributed by atoms with E-state index in [1.165, 1.54) is 0 Å². The number of amides is 3. The third-order valence-electron chi connectivity index (χ3n) is 5.16. The molecule has 3 rings (SSSR count). The maximum absolute atomic E-state index is 13.2. The number of carbonyl (C=O) groups excluding carboxylic acids is 2. The molecule has 1 aromatic carbocycles. The van der Waals surface area contributed by atoms with Crippen LogP contribution in [0.15, 0.2) is 24.3 Å². The van der Waals surface area contributed by atoms with Crippen molar-refractivity contribution in [3.8, 4) is 5.75 Å². The minimum Gasteiger partial charge on any atom is -0.493 e. The number of para-hydroxylation sites is 1. The summed E-state index contributed by atoms with van der Waals surface area (Å²) in [5.41, 5.74) is 0.447. The third kappa shape index (κ3) is 3.05. The highest BCUT2D eigenvalue weighted by Crippen LogP contribution is 2.40. The van der Waals surface area contributed by atoms with E-state index in [0.717, 1.165) is 24.2 Å². The van der Waals surface area contributed by atoms with Crippen LogP contribution in [0.1, 0.15) is 31.7 Å². The fourth-order valence-corrected chi connectivity index (χ4v) is 3.60. The number of hydrogen-bond acceptors (Lipinski definition) is 3. The first kappa shape index (κ1) is 16.6. The fraction of sp³-hybridized carbons (Fsp3) is 0.556. The number of rotatable bonds is 2. The number of ether oxygens (including phenoxy) is 1. The van der Waals surface area contributed by atoms with Crippen LogP contribution in [0.2, 0.25) is 0 Å². The monoisotopic (exact) mass is 331 g/mol. The number of fused-ring (bicyclic) bond motifs is 1. The van der Waals surface area contributed by atoms with Crippen LogP contribution in [0.5, 0.6) is 5.75 Å². The number of urea groups is 1. The van der Waals surface area contributed by atoms with Crippen molar-refractivity contribution in [1.29, 1.82) is 0 Å². The highest BCUT2D eigenvalue weighted by molar-refractivity contribution is 5.89. The van der Waals surface area contributed by atoms with Gasteiger partial charge in [-0.15, -0.1) is 0 Å². The minimum atomic E-state index is -0.532. The molecule has 0 spiro atoms. The van der Waals surface area contributed by atoms with Gasteiger partial charge in [-0.2, -0.15) is 0 Å². The van der Waals surface area contributed by atoms with Crippen molar-refractivity contribution in [3.05, 3.63) is 29.8 Å². The molecule has 1 saturated heterocycles. The van der Waals surface area contributed by atoms with Gasteiger partial charge in [0.1, 0.15) is 5.75 Å². The van der Waals surface area contributed by atoms with Crippen molar-refractivity contribution in [2.45, 2.75) is 37.6 Å². The van der Waals surface area contributed by atoms with Gasteiger partial charge in [-0.1, -0.05) is 18.2 Å². The van der Waals surface area contributed by atoms with Gasteiger partial charge in [0.05, 0.1) is 12.0 Å². The molecule has 6 nitrogen and oxygen atoms in total. The van der Waals surface area contributed by atoms with Gasteiger partial charge in [0, 0.05) is 31.7 Å². The van der Waals surface area contributed by atoms with E-state index >= 15 is 0 Å². The maximum Gasteiger partial charge on any atom is 0.314 e. The first-order valence-electron chi connectivity index (χ1n) is 8.54. The zero-order valence-corrected chi connectivity index (χ0v) is 14.3. The Labute approximate surface area is 142 Å². The molecule has 0 radical (unpaired) electrons. The van der Waals surface area contributed by atoms with E-state index in [2.05, 4.69) is 10.6 Å². The van der Waals surface area contributed by atoms with Gasteiger partial charge in [0.15, 0.2) is 0 Å². The first-order valence-corrected chi connectivity index (χ1v) is 8.54. The summed E-state index contributed by atoms with van der Waals surface area (Å²) in [5, 5.41) is 5.50. The highest BCUT2D eigenvalue weighted by atomic mass is 16.5. The molecule has 0 bridgehead atoms. The summed E-state index contributed by atoms with van der Waals surface area (Å²) in [6, 6.07) is 7.78. The van der Waals surface area contributed by atoms with Crippen molar-refractivity contribution >= 4 is 11.9 Å². The van der Waals surface area contributed by atoms with Crippen LogP contribution >= 0.6 is 0 Å². The summed E-state index contributed by atoms with van der Waals surface area (Å²) in [6.07, 6.45) is 2.26. The molecule has 3 amide bonds. The Morgan fingerprint density at radius 1 is 1.25 bits per heavy atom. The largest absolute Gasteiger partial charge is 0.493 e. The lowest BCUT2D eigenvalue weighted by Crippen LogP contribution is -2.53. The van der Waals surface area contributed by atoms with Crippen LogP contribution in [-0.2, 0) is 10.2 Å². The van der Waals surface area contributed by atoms with E-state index < -0.39 is 5.41 Å². The Morgan fingerprint density at radius 3 is 2.67 bits per heavy atom. The van der Waals surface area contributed by atoms with Gasteiger partial charge in [0.2, 0.25) is 5.91 Å². The molecular formula is C18H25N3O3. The number of carbonyl (C=O) groups is 2. The molecule has 0 saturated carbocycles. The third-order valence-corrected chi connectivity index (χ3v) is 5.16. The van der Waals surface area contributed by atoms with Crippen molar-refractivity contribution in [2.24, 2.45) is 0 Å². The minimum absolute atomic E-state index is 0.129. The Balaban J connectivity index is 1.69. The molecule has 1 atom stereocenters. The highest BCUT2D eigenvalue weighted by Gasteiger charge is 2.43. The summed E-state index contributed by atoms with van der Waals surface area (Å²) in [5.74, 6) is 0.979. The van der Waals surface area contributed by atoms with Crippen LogP contribution in [0.3, 0.4) is 0 Å². The first-order chi connectivity index (χ1) is 11.5. The molecule has 1 aromatic rings. The molecule has 0 aromatic heterocycles. The molecule has 2 heterocycles. The number of likely N-dealkylation sites (tertiary alicyclic amines) is 1. The number of nitrogens with one attached hydrogen (secondary N) is 2. The smallest absolute Gasteiger partial charge is 0.314 e. The second-order valence-corrected chi connectivity index (χ2v) is 6.72. The maximum atomic E-state index is 13.2. The summed E-state index contributed by atoms with van der Waals surface area (Å²) in [6.45, 7) is 3.93. The molecule has 24 heavy (non-hydrogen) atoms. The Hall–Kier alpha value is -2.24.